The highest BCUT2D eigenvalue weighted by atomic mass is 16.5. The Morgan fingerprint density at radius 2 is 2.60 bits per heavy atom. The van der Waals surface area contributed by atoms with Crippen molar-refractivity contribution in [1.29, 1.82) is 0 Å². The van der Waals surface area contributed by atoms with Crippen LogP contribution in [0.3, 0.4) is 0 Å². The lowest BCUT2D eigenvalue weighted by Crippen LogP contribution is -1.85. The van der Waals surface area contributed by atoms with Crippen LogP contribution in [-0.2, 0) is 4.74 Å². The van der Waals surface area contributed by atoms with Crippen LogP contribution in [0.25, 0.3) is 0 Å². The predicted octanol–water partition coefficient (Wildman–Crippen LogP) is 0.0775. The zero-order valence-corrected chi connectivity index (χ0v) is 3.19. The van der Waals surface area contributed by atoms with E-state index in [1.54, 1.807) is 0 Å². The van der Waals surface area contributed by atoms with Crippen LogP contribution in [0.1, 0.15) is 0 Å². The molecule has 0 aromatic carbocycles. The summed E-state index contributed by atoms with van der Waals surface area (Å²) in [4.78, 5) is 0. The minimum atomic E-state index is 0.247. The molecular formula is C3H7NO. The molecule has 0 bridgehead atoms. The van der Waals surface area contributed by atoms with Crippen LogP contribution in [0.2, 0.25) is 0 Å². The molecule has 2 heteroatoms. The maximum Gasteiger partial charge on any atom is 0.0983 e. The zero-order valence-electron chi connectivity index (χ0n) is 3.19. The summed E-state index contributed by atoms with van der Waals surface area (Å²) >= 11 is 0. The molecule has 5 heavy (non-hydrogen) atoms. The second-order valence-electron chi connectivity index (χ2n) is 0.606. The van der Waals surface area contributed by atoms with Gasteiger partial charge < -0.3 is 4.74 Å². The van der Waals surface area contributed by atoms with Crippen LogP contribution >= 0.6 is 0 Å². The van der Waals surface area contributed by atoms with Gasteiger partial charge >= 0.3 is 0 Å². The summed E-state index contributed by atoms with van der Waals surface area (Å²) in [6, 6.07) is 0. The topological polar surface area (TPSA) is 33.0 Å². The minimum Gasteiger partial charge on any atom is -0.377 e. The molecular weight excluding hydrogens is 66.0 g/mol. The monoisotopic (exact) mass is 73.1 g/mol. The summed E-state index contributed by atoms with van der Waals surface area (Å²) in [7, 11) is 1.54. The fraction of sp³-hybridized carbons (Fsp3) is 0.667. The fourth-order valence-electron chi connectivity index (χ4n) is 0.0833. The minimum absolute atomic E-state index is 0.247. The van der Waals surface area contributed by atoms with E-state index in [4.69, 9.17) is 5.73 Å². The van der Waals surface area contributed by atoms with E-state index in [2.05, 4.69) is 4.74 Å². The van der Waals surface area contributed by atoms with Crippen LogP contribution in [0.4, 0.5) is 0 Å². The number of nitrogens with one attached hydrogen (secondary N) is 1. The first-order chi connectivity index (χ1) is 2.41. The third kappa shape index (κ3) is 3.92. The van der Waals surface area contributed by atoms with Crippen molar-refractivity contribution >= 4 is 0 Å². The highest BCUT2D eigenvalue weighted by Gasteiger charge is 1.68. The Morgan fingerprint density at radius 1 is 2.00 bits per heavy atom. The Hall–Kier alpha value is -0.0800. The third-order valence-corrected chi connectivity index (χ3v) is 0.250. The summed E-state index contributed by atoms with van der Waals surface area (Å²) in [5, 5.41) is 0. The standard InChI is InChI=1S/C3H7NO/c1-5-3-2-4/h3-4H,2H2,1H3. The second-order valence-corrected chi connectivity index (χ2v) is 0.606. The summed E-state index contributed by atoms with van der Waals surface area (Å²) in [6.45, 7) is 1.66. The molecule has 0 aliphatic rings. The van der Waals surface area contributed by atoms with Crippen molar-refractivity contribution in [2.75, 3.05) is 13.7 Å². The van der Waals surface area contributed by atoms with Gasteiger partial charge in [-0.25, -0.2) is 0 Å². The molecule has 0 saturated carbocycles. The van der Waals surface area contributed by atoms with Crippen LogP contribution in [-0.4, -0.2) is 13.7 Å². The van der Waals surface area contributed by atoms with Crippen LogP contribution in [0.5, 0.6) is 0 Å². The summed E-state index contributed by atoms with van der Waals surface area (Å²) in [5.41, 5.74) is 6.42. The number of hydrogen-bond acceptors (Lipinski definition) is 1. The van der Waals surface area contributed by atoms with Gasteiger partial charge in [0, 0.05) is 13.7 Å². The molecule has 0 aromatic heterocycles. The zero-order chi connectivity index (χ0) is 4.12. The molecule has 0 aliphatic carbocycles. The highest BCUT2D eigenvalue weighted by Crippen LogP contribution is 1.65. The van der Waals surface area contributed by atoms with Gasteiger partial charge in [-0.05, 0) is 0 Å². The first kappa shape index (κ1) is 4.92. The first-order valence-electron chi connectivity index (χ1n) is 1.41. The molecule has 0 amide bonds. The number of rotatable bonds is 2. The van der Waals surface area contributed by atoms with Gasteiger partial charge in [-0.3, -0.25) is 5.73 Å². The smallest absolute Gasteiger partial charge is 0.0983 e. The molecule has 0 unspecified atom stereocenters. The van der Waals surface area contributed by atoms with Gasteiger partial charge in [0.05, 0.1) is 6.61 Å². The maximum atomic E-state index is 6.42. The first-order valence-corrected chi connectivity index (χ1v) is 1.41. The van der Waals surface area contributed by atoms with Gasteiger partial charge in [0.15, 0.2) is 0 Å². The van der Waals surface area contributed by atoms with E-state index < -0.39 is 0 Å². The van der Waals surface area contributed by atoms with Gasteiger partial charge in [-0.15, -0.1) is 0 Å². The largest absolute Gasteiger partial charge is 0.377 e. The Bertz CT molecular complexity index is 14.4. The molecule has 0 spiro atoms. The van der Waals surface area contributed by atoms with E-state index in [0.717, 1.165) is 0 Å². The summed E-state index contributed by atoms with van der Waals surface area (Å²) < 4.78 is 4.38. The highest BCUT2D eigenvalue weighted by molar-refractivity contribution is 4.42. The number of ether oxygens (including phenoxy) is 1. The van der Waals surface area contributed by atoms with Crippen molar-refractivity contribution in [3.8, 4) is 0 Å². The van der Waals surface area contributed by atoms with Crippen LogP contribution < -0.4 is 5.73 Å². The van der Waals surface area contributed by atoms with E-state index in [9.17, 15) is 0 Å². The van der Waals surface area contributed by atoms with Gasteiger partial charge in [0.2, 0.25) is 0 Å². The Balaban J connectivity index is 2.19. The number of hydrogen-bond donors (Lipinski definition) is 0. The van der Waals surface area contributed by atoms with E-state index in [0.29, 0.717) is 0 Å². The molecule has 0 fully saturated rings. The molecule has 0 rings (SSSR count). The molecule has 0 heterocycles. The maximum absolute atomic E-state index is 6.42. The average molecular weight is 73.1 g/mol. The quantitative estimate of drug-likeness (QED) is 0.455. The van der Waals surface area contributed by atoms with Gasteiger partial charge in [0.1, 0.15) is 0 Å². The van der Waals surface area contributed by atoms with Gasteiger partial charge in [-0.1, -0.05) is 0 Å². The Morgan fingerprint density at radius 3 is 2.60 bits per heavy atom. The van der Waals surface area contributed by atoms with Crippen molar-refractivity contribution in [3.05, 3.63) is 6.61 Å². The summed E-state index contributed by atoms with van der Waals surface area (Å²) in [6.07, 6.45) is 0. The van der Waals surface area contributed by atoms with E-state index in [1.165, 1.54) is 13.7 Å². The normalized spacial score (nSPS) is 8.40. The summed E-state index contributed by atoms with van der Waals surface area (Å²) in [5.74, 6) is 0. The van der Waals surface area contributed by atoms with Crippen molar-refractivity contribution < 1.29 is 4.74 Å². The molecule has 0 aromatic rings. The molecule has 0 aliphatic heterocycles. The molecule has 1 N–H and O–H groups in total. The second kappa shape index (κ2) is 3.92. The molecule has 2 nitrogen and oxygen atoms in total. The molecule has 2 radical (unpaired) electrons. The lowest BCUT2D eigenvalue weighted by Gasteiger charge is -1.82. The lowest BCUT2D eigenvalue weighted by molar-refractivity contribution is 0.274. The third-order valence-electron chi connectivity index (χ3n) is 0.250. The van der Waals surface area contributed by atoms with Crippen molar-refractivity contribution in [2.45, 2.75) is 0 Å². The lowest BCUT2D eigenvalue weighted by atomic mass is 10.7. The Kier molecular flexibility index (Phi) is 3.86. The predicted molar refractivity (Wildman–Crippen MR) is 19.3 cm³/mol. The molecule has 30 valence electrons. The molecule has 0 atom stereocenters. The Labute approximate surface area is 31.9 Å². The van der Waals surface area contributed by atoms with E-state index in [1.807, 2.05) is 0 Å². The number of methoxy groups -OCH3 is 1. The van der Waals surface area contributed by atoms with Gasteiger partial charge in [0.25, 0.3) is 0 Å². The van der Waals surface area contributed by atoms with Crippen molar-refractivity contribution in [2.24, 2.45) is 0 Å². The van der Waals surface area contributed by atoms with Crippen molar-refractivity contribution in [3.63, 3.8) is 0 Å². The van der Waals surface area contributed by atoms with Crippen LogP contribution in [0.15, 0.2) is 0 Å². The average Bonchev–Trinajstić information content (AvgIpc) is 1.41. The SMILES string of the molecule is CO[CH]C[NH]. The van der Waals surface area contributed by atoms with Gasteiger partial charge in [-0.2, -0.15) is 0 Å². The van der Waals surface area contributed by atoms with Crippen molar-refractivity contribution in [1.82, 2.24) is 5.73 Å². The van der Waals surface area contributed by atoms with E-state index >= 15 is 0 Å². The van der Waals surface area contributed by atoms with E-state index in [-0.39, 0.29) is 6.54 Å². The fourth-order valence-corrected chi connectivity index (χ4v) is 0.0833. The molecule has 0 saturated heterocycles. The van der Waals surface area contributed by atoms with Crippen LogP contribution in [0, 0.1) is 6.61 Å².